The summed E-state index contributed by atoms with van der Waals surface area (Å²) in [6, 6.07) is 24.9. The molecule has 0 unspecified atom stereocenters. The highest BCUT2D eigenvalue weighted by Crippen LogP contribution is 2.42. The molecule has 1 aromatic heterocycles. The van der Waals surface area contributed by atoms with E-state index in [1.165, 1.54) is 5.56 Å². The summed E-state index contributed by atoms with van der Waals surface area (Å²) in [7, 11) is 3.28. The van der Waals surface area contributed by atoms with E-state index in [2.05, 4.69) is 6.07 Å². The molecule has 34 heavy (non-hydrogen) atoms. The maximum absolute atomic E-state index is 13.7. The molecule has 0 N–H and O–H groups in total. The second-order valence-corrected chi connectivity index (χ2v) is 8.99. The van der Waals surface area contributed by atoms with Crippen LogP contribution >= 0.6 is 11.3 Å². The first-order valence-electron chi connectivity index (χ1n) is 11.1. The van der Waals surface area contributed by atoms with Crippen LogP contribution in [-0.2, 0) is 6.42 Å². The summed E-state index contributed by atoms with van der Waals surface area (Å²) in [5.41, 5.74) is 2.88. The lowest BCUT2D eigenvalue weighted by Crippen LogP contribution is -2.40. The van der Waals surface area contributed by atoms with Crippen molar-refractivity contribution in [1.82, 2.24) is 4.90 Å². The third-order valence-corrected chi connectivity index (χ3v) is 6.95. The fraction of sp³-hybridized carbons (Fsp3) is 0.179. The van der Waals surface area contributed by atoms with E-state index in [0.717, 1.165) is 22.6 Å². The van der Waals surface area contributed by atoms with Crippen LogP contribution in [0.2, 0.25) is 0 Å². The van der Waals surface area contributed by atoms with Crippen LogP contribution in [0.1, 0.15) is 32.4 Å². The third-order valence-electron chi connectivity index (χ3n) is 6.03. The molecule has 1 atom stereocenters. The van der Waals surface area contributed by atoms with Crippen molar-refractivity contribution in [2.24, 2.45) is 0 Å². The SMILES string of the molecule is COc1cc2c(cc1OC)[C@@H](c1cccs1)N(C(=O)c1ccc(Oc3ccccc3)cc1)CC2. The molecule has 172 valence electrons. The molecule has 0 saturated carbocycles. The largest absolute Gasteiger partial charge is 0.493 e. The second kappa shape index (κ2) is 9.61. The third kappa shape index (κ3) is 4.24. The Hall–Kier alpha value is -3.77. The quantitative estimate of drug-likeness (QED) is 0.329. The molecule has 1 aliphatic rings. The molecule has 4 aromatic rings. The number of rotatable bonds is 6. The number of fused-ring (bicyclic) bond motifs is 1. The Kier molecular flexibility index (Phi) is 6.23. The van der Waals surface area contributed by atoms with E-state index in [4.69, 9.17) is 14.2 Å². The van der Waals surface area contributed by atoms with E-state index in [1.54, 1.807) is 25.6 Å². The van der Waals surface area contributed by atoms with Gasteiger partial charge in [-0.15, -0.1) is 11.3 Å². The number of thiophene rings is 1. The Balaban J connectivity index is 1.46. The molecule has 5 nitrogen and oxygen atoms in total. The lowest BCUT2D eigenvalue weighted by Gasteiger charge is -2.37. The van der Waals surface area contributed by atoms with Gasteiger partial charge in [0, 0.05) is 17.0 Å². The second-order valence-electron chi connectivity index (χ2n) is 8.01. The van der Waals surface area contributed by atoms with Gasteiger partial charge in [-0.05, 0) is 77.5 Å². The van der Waals surface area contributed by atoms with E-state index in [0.29, 0.717) is 29.4 Å². The van der Waals surface area contributed by atoms with Gasteiger partial charge in [0.15, 0.2) is 11.5 Å². The van der Waals surface area contributed by atoms with Crippen LogP contribution in [0.25, 0.3) is 0 Å². The Morgan fingerprint density at radius 1 is 0.882 bits per heavy atom. The van der Waals surface area contributed by atoms with Gasteiger partial charge < -0.3 is 19.1 Å². The van der Waals surface area contributed by atoms with Crippen LogP contribution < -0.4 is 14.2 Å². The molecule has 1 aliphatic heterocycles. The molecule has 3 aromatic carbocycles. The zero-order valence-corrected chi connectivity index (χ0v) is 19.9. The molecular formula is C28H25NO4S. The molecule has 0 radical (unpaired) electrons. The number of ether oxygens (including phenoxy) is 3. The first kappa shape index (κ1) is 22.0. The molecule has 0 aliphatic carbocycles. The van der Waals surface area contributed by atoms with Gasteiger partial charge in [0.05, 0.1) is 20.3 Å². The number of benzene rings is 3. The number of methoxy groups -OCH3 is 2. The van der Waals surface area contributed by atoms with Crippen LogP contribution in [0.4, 0.5) is 0 Å². The minimum atomic E-state index is -0.184. The number of amides is 1. The van der Waals surface area contributed by atoms with Gasteiger partial charge in [0.2, 0.25) is 0 Å². The molecule has 2 heterocycles. The molecule has 0 spiro atoms. The molecule has 0 saturated heterocycles. The highest BCUT2D eigenvalue weighted by Gasteiger charge is 2.34. The van der Waals surface area contributed by atoms with E-state index >= 15 is 0 Å². The van der Waals surface area contributed by atoms with Gasteiger partial charge in [-0.2, -0.15) is 0 Å². The minimum absolute atomic E-state index is 0.00917. The zero-order valence-electron chi connectivity index (χ0n) is 19.1. The average molecular weight is 472 g/mol. The number of hydrogen-bond acceptors (Lipinski definition) is 5. The normalized spacial score (nSPS) is 14.9. The highest BCUT2D eigenvalue weighted by atomic mass is 32.1. The van der Waals surface area contributed by atoms with Gasteiger partial charge >= 0.3 is 0 Å². The topological polar surface area (TPSA) is 48.0 Å². The molecule has 0 fully saturated rings. The van der Waals surface area contributed by atoms with E-state index in [1.807, 2.05) is 83.1 Å². The summed E-state index contributed by atoms with van der Waals surface area (Å²) in [5, 5.41) is 2.04. The fourth-order valence-electron chi connectivity index (χ4n) is 4.37. The van der Waals surface area contributed by atoms with Crippen molar-refractivity contribution in [2.45, 2.75) is 12.5 Å². The van der Waals surface area contributed by atoms with Crippen molar-refractivity contribution in [3.05, 3.63) is 106 Å². The molecular weight excluding hydrogens is 446 g/mol. The van der Waals surface area contributed by atoms with Crippen molar-refractivity contribution in [3.8, 4) is 23.0 Å². The van der Waals surface area contributed by atoms with Gasteiger partial charge in [0.1, 0.15) is 11.5 Å². The maximum atomic E-state index is 13.7. The summed E-state index contributed by atoms with van der Waals surface area (Å²) in [4.78, 5) is 16.8. The van der Waals surface area contributed by atoms with Crippen molar-refractivity contribution in [1.29, 1.82) is 0 Å². The number of nitrogens with zero attached hydrogens (tertiary/aromatic N) is 1. The first-order valence-corrected chi connectivity index (χ1v) is 12.0. The number of carbonyl (C=O) groups is 1. The Morgan fingerprint density at radius 3 is 2.26 bits per heavy atom. The summed E-state index contributed by atoms with van der Waals surface area (Å²) in [6.07, 6.45) is 0.749. The predicted molar refractivity (Wildman–Crippen MR) is 133 cm³/mol. The predicted octanol–water partition coefficient (Wildman–Crippen LogP) is 6.35. The number of hydrogen-bond donors (Lipinski definition) is 0. The van der Waals surface area contributed by atoms with Crippen LogP contribution in [-0.4, -0.2) is 31.6 Å². The number of para-hydroxylation sites is 1. The molecule has 0 bridgehead atoms. The van der Waals surface area contributed by atoms with Gasteiger partial charge in [-0.25, -0.2) is 0 Å². The minimum Gasteiger partial charge on any atom is -0.493 e. The van der Waals surface area contributed by atoms with Crippen molar-refractivity contribution in [3.63, 3.8) is 0 Å². The van der Waals surface area contributed by atoms with Crippen molar-refractivity contribution in [2.75, 3.05) is 20.8 Å². The summed E-state index contributed by atoms with van der Waals surface area (Å²) < 4.78 is 17.0. The first-order chi connectivity index (χ1) is 16.7. The monoisotopic (exact) mass is 471 g/mol. The summed E-state index contributed by atoms with van der Waals surface area (Å²) >= 11 is 1.65. The number of carbonyl (C=O) groups excluding carboxylic acids is 1. The van der Waals surface area contributed by atoms with Crippen LogP contribution in [0.15, 0.2) is 84.2 Å². The molecule has 5 rings (SSSR count). The van der Waals surface area contributed by atoms with Gasteiger partial charge in [0.25, 0.3) is 5.91 Å². The van der Waals surface area contributed by atoms with Crippen molar-refractivity contribution < 1.29 is 19.0 Å². The van der Waals surface area contributed by atoms with E-state index in [-0.39, 0.29) is 11.9 Å². The Bertz CT molecular complexity index is 1270. The van der Waals surface area contributed by atoms with E-state index in [9.17, 15) is 4.79 Å². The zero-order chi connectivity index (χ0) is 23.5. The van der Waals surface area contributed by atoms with Crippen LogP contribution in [0.5, 0.6) is 23.0 Å². The smallest absolute Gasteiger partial charge is 0.254 e. The Labute approximate surface area is 203 Å². The summed E-state index contributed by atoms with van der Waals surface area (Å²) in [6.45, 7) is 0.617. The lowest BCUT2D eigenvalue weighted by molar-refractivity contribution is 0.0697. The molecule has 1 amide bonds. The average Bonchev–Trinajstić information content (AvgIpc) is 3.42. The van der Waals surface area contributed by atoms with E-state index < -0.39 is 0 Å². The molecule has 6 heteroatoms. The van der Waals surface area contributed by atoms with Crippen molar-refractivity contribution >= 4 is 17.2 Å². The van der Waals surface area contributed by atoms with Gasteiger partial charge in [-0.3, -0.25) is 4.79 Å². The Morgan fingerprint density at radius 2 is 1.59 bits per heavy atom. The van der Waals surface area contributed by atoms with Gasteiger partial charge in [-0.1, -0.05) is 24.3 Å². The fourth-order valence-corrected chi connectivity index (χ4v) is 5.23. The maximum Gasteiger partial charge on any atom is 0.254 e. The standard InChI is InChI=1S/C28H25NO4S/c1-31-24-17-20-14-15-29(27(26-9-6-16-34-26)23(20)18-25(24)32-2)28(30)19-10-12-22(13-11-19)33-21-7-4-3-5-8-21/h3-13,16-18,27H,14-15H2,1-2H3/t27-/m0/s1. The highest BCUT2D eigenvalue weighted by molar-refractivity contribution is 7.10. The summed E-state index contributed by atoms with van der Waals surface area (Å²) in [5.74, 6) is 2.82. The van der Waals surface area contributed by atoms with Crippen LogP contribution in [0, 0.1) is 0 Å². The van der Waals surface area contributed by atoms with Crippen LogP contribution in [0.3, 0.4) is 0 Å². The lowest BCUT2D eigenvalue weighted by atomic mass is 9.90.